The van der Waals surface area contributed by atoms with E-state index >= 15 is 0 Å². The molecular weight excluding hydrogens is 182 g/mol. The van der Waals surface area contributed by atoms with Gasteiger partial charge in [0.2, 0.25) is 0 Å². The molecule has 2 fully saturated rings. The molecule has 0 radical (unpaired) electrons. The van der Waals surface area contributed by atoms with E-state index < -0.39 is 5.60 Å². The lowest BCUT2D eigenvalue weighted by atomic mass is 9.86. The molecule has 80 valence electrons. The Bertz CT molecular complexity index is 252. The molecule has 3 atom stereocenters. The highest BCUT2D eigenvalue weighted by molar-refractivity contribution is 5.75. The van der Waals surface area contributed by atoms with Crippen molar-refractivity contribution in [3.05, 3.63) is 0 Å². The third-order valence-corrected chi connectivity index (χ3v) is 3.45. The third kappa shape index (κ3) is 1.33. The lowest BCUT2D eigenvalue weighted by Gasteiger charge is -2.24. The number of methoxy groups -OCH3 is 1. The van der Waals surface area contributed by atoms with Gasteiger partial charge in [0.05, 0.1) is 12.7 Å². The molecule has 2 rings (SSSR count). The summed E-state index contributed by atoms with van der Waals surface area (Å²) in [5.41, 5.74) is -0.918. The van der Waals surface area contributed by atoms with Gasteiger partial charge in [-0.3, -0.25) is 9.69 Å². The normalized spacial score (nSPS) is 42.5. The number of carbonyl (C=O) groups is 1. The number of rotatable bonds is 1. The molecular formula is C10H17NO3. The molecule has 2 aliphatic rings. The maximum atomic E-state index is 11.6. The van der Waals surface area contributed by atoms with Crippen LogP contribution in [0.25, 0.3) is 0 Å². The van der Waals surface area contributed by atoms with Crippen LogP contribution in [0.5, 0.6) is 0 Å². The number of nitrogens with zero attached hydrogens (tertiary/aromatic N) is 1. The zero-order valence-electron chi connectivity index (χ0n) is 8.69. The quantitative estimate of drug-likeness (QED) is 0.604. The van der Waals surface area contributed by atoms with Gasteiger partial charge < -0.3 is 9.84 Å². The van der Waals surface area contributed by atoms with Crippen molar-refractivity contribution in [2.75, 3.05) is 20.2 Å². The van der Waals surface area contributed by atoms with E-state index in [2.05, 4.69) is 4.90 Å². The van der Waals surface area contributed by atoms with Gasteiger partial charge in [-0.05, 0) is 26.3 Å². The summed E-state index contributed by atoms with van der Waals surface area (Å²) in [6.45, 7) is 3.32. The second-order valence-electron chi connectivity index (χ2n) is 4.54. The van der Waals surface area contributed by atoms with Gasteiger partial charge in [-0.15, -0.1) is 0 Å². The predicted molar refractivity (Wildman–Crippen MR) is 50.7 cm³/mol. The van der Waals surface area contributed by atoms with Gasteiger partial charge in [-0.1, -0.05) is 0 Å². The number of fused-ring (bicyclic) bond motifs is 1. The second-order valence-corrected chi connectivity index (χ2v) is 4.54. The van der Waals surface area contributed by atoms with Crippen molar-refractivity contribution in [2.24, 2.45) is 5.92 Å². The Kier molecular flexibility index (Phi) is 2.27. The Morgan fingerprint density at radius 3 is 3.00 bits per heavy atom. The van der Waals surface area contributed by atoms with E-state index in [-0.39, 0.29) is 17.9 Å². The van der Waals surface area contributed by atoms with Crippen LogP contribution < -0.4 is 0 Å². The maximum Gasteiger partial charge on any atom is 0.313 e. The second kappa shape index (κ2) is 3.21. The van der Waals surface area contributed by atoms with Crippen LogP contribution in [0.3, 0.4) is 0 Å². The number of ether oxygens (including phenoxy) is 1. The van der Waals surface area contributed by atoms with Crippen molar-refractivity contribution in [2.45, 2.75) is 31.4 Å². The van der Waals surface area contributed by atoms with Gasteiger partial charge in [-0.2, -0.15) is 0 Å². The fourth-order valence-electron chi connectivity index (χ4n) is 2.89. The highest BCUT2D eigenvalue weighted by Gasteiger charge is 2.54. The average molecular weight is 199 g/mol. The van der Waals surface area contributed by atoms with Crippen LogP contribution in [0, 0.1) is 5.92 Å². The summed E-state index contributed by atoms with van der Waals surface area (Å²) in [4.78, 5) is 13.8. The largest absolute Gasteiger partial charge is 0.469 e. The molecule has 0 spiro atoms. The molecule has 2 aliphatic heterocycles. The predicted octanol–water partition coefficient (Wildman–Crippen LogP) is 0.00460. The minimum absolute atomic E-state index is 0.192. The van der Waals surface area contributed by atoms with Gasteiger partial charge in [0, 0.05) is 12.6 Å². The summed E-state index contributed by atoms with van der Waals surface area (Å²) in [6.07, 6.45) is 2.12. The Balaban J connectivity index is 2.22. The van der Waals surface area contributed by atoms with Crippen molar-refractivity contribution in [1.82, 2.24) is 4.90 Å². The topological polar surface area (TPSA) is 49.8 Å². The van der Waals surface area contributed by atoms with Crippen molar-refractivity contribution in [1.29, 1.82) is 0 Å². The lowest BCUT2D eigenvalue weighted by molar-refractivity contribution is -0.152. The van der Waals surface area contributed by atoms with Crippen molar-refractivity contribution in [3.63, 3.8) is 0 Å². The number of aliphatic hydroxyl groups is 1. The van der Waals surface area contributed by atoms with Gasteiger partial charge in [0.1, 0.15) is 5.92 Å². The molecule has 0 aromatic heterocycles. The molecule has 0 aromatic carbocycles. The number of carbonyl (C=O) groups excluding carboxylic acids is 1. The standard InChI is InChI=1S/C10H17NO3/c1-10(13)6-11-5-3-4-7(11)8(10)9(12)14-2/h7-8,13H,3-6H2,1-2H3. The van der Waals surface area contributed by atoms with Gasteiger partial charge in [-0.25, -0.2) is 0 Å². The molecule has 2 saturated heterocycles. The Morgan fingerprint density at radius 1 is 1.64 bits per heavy atom. The van der Waals surface area contributed by atoms with E-state index in [4.69, 9.17) is 4.74 Å². The van der Waals surface area contributed by atoms with Gasteiger partial charge in [0.25, 0.3) is 0 Å². The van der Waals surface area contributed by atoms with Crippen LogP contribution in [0.1, 0.15) is 19.8 Å². The minimum atomic E-state index is -0.918. The van der Waals surface area contributed by atoms with Crippen LogP contribution in [-0.4, -0.2) is 47.8 Å². The number of hydrogen-bond donors (Lipinski definition) is 1. The molecule has 0 aromatic rings. The van der Waals surface area contributed by atoms with Crippen molar-refractivity contribution >= 4 is 5.97 Å². The highest BCUT2D eigenvalue weighted by Crippen LogP contribution is 2.39. The van der Waals surface area contributed by atoms with Gasteiger partial charge >= 0.3 is 5.97 Å². The maximum absolute atomic E-state index is 11.6. The summed E-state index contributed by atoms with van der Waals surface area (Å²) < 4.78 is 4.75. The van der Waals surface area contributed by atoms with Gasteiger partial charge in [0.15, 0.2) is 0 Å². The minimum Gasteiger partial charge on any atom is -0.469 e. The van der Waals surface area contributed by atoms with Crippen LogP contribution in [-0.2, 0) is 9.53 Å². The molecule has 4 nitrogen and oxygen atoms in total. The molecule has 4 heteroatoms. The zero-order valence-corrected chi connectivity index (χ0v) is 8.69. The Morgan fingerprint density at radius 2 is 2.36 bits per heavy atom. The number of hydrogen-bond acceptors (Lipinski definition) is 4. The zero-order chi connectivity index (χ0) is 10.3. The summed E-state index contributed by atoms with van der Waals surface area (Å²) in [7, 11) is 1.38. The third-order valence-electron chi connectivity index (χ3n) is 3.45. The molecule has 1 N–H and O–H groups in total. The Hall–Kier alpha value is -0.610. The lowest BCUT2D eigenvalue weighted by Crippen LogP contribution is -2.41. The summed E-state index contributed by atoms with van der Waals surface area (Å²) in [6, 6.07) is 0.192. The van der Waals surface area contributed by atoms with E-state index in [0.717, 1.165) is 19.4 Å². The van der Waals surface area contributed by atoms with Crippen LogP contribution in [0.4, 0.5) is 0 Å². The molecule has 0 aliphatic carbocycles. The SMILES string of the molecule is COC(=O)C1C2CCCN2CC1(C)O. The van der Waals surface area contributed by atoms with E-state index in [0.29, 0.717) is 6.54 Å². The summed E-state index contributed by atoms with van der Waals surface area (Å²) in [5.74, 6) is -0.639. The summed E-state index contributed by atoms with van der Waals surface area (Å²) >= 11 is 0. The molecule has 0 amide bonds. The first-order valence-corrected chi connectivity index (χ1v) is 5.10. The monoisotopic (exact) mass is 199 g/mol. The van der Waals surface area contributed by atoms with Crippen LogP contribution >= 0.6 is 0 Å². The molecule has 2 heterocycles. The molecule has 0 saturated carbocycles. The van der Waals surface area contributed by atoms with E-state index in [1.807, 2.05) is 0 Å². The van der Waals surface area contributed by atoms with Crippen LogP contribution in [0.2, 0.25) is 0 Å². The fraction of sp³-hybridized carbons (Fsp3) is 0.900. The smallest absolute Gasteiger partial charge is 0.313 e. The van der Waals surface area contributed by atoms with Crippen molar-refractivity contribution in [3.8, 4) is 0 Å². The molecule has 0 bridgehead atoms. The average Bonchev–Trinajstić information content (AvgIpc) is 2.59. The molecule has 3 unspecified atom stereocenters. The van der Waals surface area contributed by atoms with Crippen molar-refractivity contribution < 1.29 is 14.6 Å². The molecule has 14 heavy (non-hydrogen) atoms. The first-order chi connectivity index (χ1) is 6.56. The van der Waals surface area contributed by atoms with E-state index in [9.17, 15) is 9.90 Å². The highest BCUT2D eigenvalue weighted by atomic mass is 16.5. The fourth-order valence-corrected chi connectivity index (χ4v) is 2.89. The number of esters is 1. The Labute approximate surface area is 83.8 Å². The van der Waals surface area contributed by atoms with E-state index in [1.165, 1.54) is 7.11 Å². The first-order valence-electron chi connectivity index (χ1n) is 5.10. The summed E-state index contributed by atoms with van der Waals surface area (Å²) in [5, 5.41) is 10.1. The van der Waals surface area contributed by atoms with Crippen LogP contribution in [0.15, 0.2) is 0 Å². The first kappa shape index (κ1) is 9.93. The van der Waals surface area contributed by atoms with E-state index in [1.54, 1.807) is 6.92 Å².